The van der Waals surface area contributed by atoms with E-state index in [1.807, 2.05) is 44.2 Å². The second kappa shape index (κ2) is 9.05. The molecule has 0 aliphatic heterocycles. The minimum atomic E-state index is -0.175. The predicted molar refractivity (Wildman–Crippen MR) is 104 cm³/mol. The molecule has 25 heavy (non-hydrogen) atoms. The van der Waals surface area contributed by atoms with Gasteiger partial charge in [-0.2, -0.15) is 5.10 Å². The predicted octanol–water partition coefficient (Wildman–Crippen LogP) is 3.77. The summed E-state index contributed by atoms with van der Waals surface area (Å²) in [4.78, 5) is 12.1. The first kappa shape index (κ1) is 18.8. The van der Waals surface area contributed by atoms with Crippen LogP contribution in [0.2, 0.25) is 0 Å². The summed E-state index contributed by atoms with van der Waals surface area (Å²) in [5, 5.41) is 4.02. The van der Waals surface area contributed by atoms with Crippen LogP contribution in [0.5, 0.6) is 5.75 Å². The summed E-state index contributed by atoms with van der Waals surface area (Å²) in [6.45, 7) is 4.16. The van der Waals surface area contributed by atoms with Gasteiger partial charge in [-0.1, -0.05) is 45.6 Å². The number of ether oxygens (including phenoxy) is 1. The summed E-state index contributed by atoms with van der Waals surface area (Å²) in [7, 11) is 0. The molecule has 0 aromatic heterocycles. The number of halogens is 1. The normalized spacial score (nSPS) is 10.5. The van der Waals surface area contributed by atoms with Gasteiger partial charge in [0.25, 0.3) is 0 Å². The highest BCUT2D eigenvalue weighted by molar-refractivity contribution is 9.10. The number of hydrogen-bond donors (Lipinski definition) is 1. The first-order valence-electron chi connectivity index (χ1n) is 7.73. The second-order valence-corrected chi connectivity index (χ2v) is 6.49. The van der Waals surface area contributed by atoms with Gasteiger partial charge < -0.3 is 4.74 Å². The SMILES string of the molecule is C#CCOc1ccc(Br)cc1/C=N/NC(=O)Cc1cc(C)ccc1C. The highest BCUT2D eigenvalue weighted by atomic mass is 79.9. The van der Waals surface area contributed by atoms with Gasteiger partial charge in [-0.05, 0) is 43.2 Å². The lowest BCUT2D eigenvalue weighted by molar-refractivity contribution is -0.120. The quantitative estimate of drug-likeness (QED) is 0.457. The van der Waals surface area contributed by atoms with Crippen molar-refractivity contribution < 1.29 is 9.53 Å². The smallest absolute Gasteiger partial charge is 0.244 e. The first-order chi connectivity index (χ1) is 12.0. The number of amides is 1. The van der Waals surface area contributed by atoms with Crippen LogP contribution in [-0.2, 0) is 11.2 Å². The van der Waals surface area contributed by atoms with Crippen LogP contribution in [0.25, 0.3) is 0 Å². The molecule has 0 unspecified atom stereocenters. The second-order valence-electron chi connectivity index (χ2n) is 5.57. The molecule has 0 radical (unpaired) electrons. The van der Waals surface area contributed by atoms with Crippen molar-refractivity contribution >= 4 is 28.1 Å². The molecule has 0 aliphatic rings. The molecule has 128 valence electrons. The maximum atomic E-state index is 12.1. The molecule has 0 spiro atoms. The average molecular weight is 399 g/mol. The molecule has 0 saturated heterocycles. The zero-order valence-electron chi connectivity index (χ0n) is 14.2. The Bertz CT molecular complexity index is 838. The number of nitrogens with zero attached hydrogens (tertiary/aromatic N) is 1. The maximum Gasteiger partial charge on any atom is 0.244 e. The lowest BCUT2D eigenvalue weighted by atomic mass is 10.0. The number of carbonyl (C=O) groups excluding carboxylic acids is 1. The standard InChI is InChI=1S/C20H19BrN2O2/c1-4-9-25-19-8-7-18(21)11-17(19)13-22-23-20(24)12-16-10-14(2)5-6-15(16)3/h1,5-8,10-11,13H,9,12H2,2-3H3,(H,23,24)/b22-13+. The van der Waals surface area contributed by atoms with Crippen LogP contribution >= 0.6 is 15.9 Å². The van der Waals surface area contributed by atoms with Crippen molar-refractivity contribution in [2.24, 2.45) is 5.10 Å². The van der Waals surface area contributed by atoms with Crippen molar-refractivity contribution in [1.29, 1.82) is 0 Å². The van der Waals surface area contributed by atoms with E-state index >= 15 is 0 Å². The highest BCUT2D eigenvalue weighted by Crippen LogP contribution is 2.21. The Balaban J connectivity index is 2.03. The molecular weight excluding hydrogens is 380 g/mol. The molecule has 0 fully saturated rings. The van der Waals surface area contributed by atoms with E-state index in [1.54, 1.807) is 6.07 Å². The van der Waals surface area contributed by atoms with E-state index in [0.29, 0.717) is 5.75 Å². The third kappa shape index (κ3) is 5.77. The fourth-order valence-corrected chi connectivity index (χ4v) is 2.63. The monoisotopic (exact) mass is 398 g/mol. The van der Waals surface area contributed by atoms with Gasteiger partial charge in [0.15, 0.2) is 0 Å². The third-order valence-corrected chi connectivity index (χ3v) is 4.02. The van der Waals surface area contributed by atoms with Gasteiger partial charge in [-0.3, -0.25) is 4.79 Å². The molecule has 2 aromatic carbocycles. The van der Waals surface area contributed by atoms with Gasteiger partial charge in [0, 0.05) is 10.0 Å². The Labute approximate surface area is 156 Å². The van der Waals surface area contributed by atoms with E-state index in [0.717, 1.165) is 26.7 Å². The number of hydrazone groups is 1. The zero-order valence-corrected chi connectivity index (χ0v) is 15.8. The molecule has 2 rings (SSSR count). The van der Waals surface area contributed by atoms with Crippen LogP contribution in [0.4, 0.5) is 0 Å². The maximum absolute atomic E-state index is 12.1. The summed E-state index contributed by atoms with van der Waals surface area (Å²) in [6, 6.07) is 11.5. The molecule has 0 bridgehead atoms. The van der Waals surface area contributed by atoms with E-state index in [4.69, 9.17) is 11.2 Å². The van der Waals surface area contributed by atoms with Crippen LogP contribution < -0.4 is 10.2 Å². The minimum Gasteiger partial charge on any atom is -0.480 e. The Morgan fingerprint density at radius 3 is 2.88 bits per heavy atom. The lowest BCUT2D eigenvalue weighted by Crippen LogP contribution is -2.20. The molecule has 0 atom stereocenters. The van der Waals surface area contributed by atoms with E-state index in [-0.39, 0.29) is 18.9 Å². The zero-order chi connectivity index (χ0) is 18.2. The fraction of sp³-hybridized carbons (Fsp3) is 0.200. The van der Waals surface area contributed by atoms with Crippen LogP contribution in [0.3, 0.4) is 0 Å². The van der Waals surface area contributed by atoms with Crippen molar-refractivity contribution in [2.75, 3.05) is 6.61 Å². The van der Waals surface area contributed by atoms with Gasteiger partial charge in [-0.25, -0.2) is 5.43 Å². The minimum absolute atomic E-state index is 0.168. The Hall–Kier alpha value is -2.58. The third-order valence-electron chi connectivity index (χ3n) is 3.53. The number of terminal acetylenes is 1. The summed E-state index contributed by atoms with van der Waals surface area (Å²) in [6.07, 6.45) is 7.04. The van der Waals surface area contributed by atoms with Crippen LogP contribution in [0, 0.1) is 26.2 Å². The molecule has 1 amide bonds. The van der Waals surface area contributed by atoms with Gasteiger partial charge in [-0.15, -0.1) is 6.42 Å². The Morgan fingerprint density at radius 2 is 2.12 bits per heavy atom. The topological polar surface area (TPSA) is 50.7 Å². The van der Waals surface area contributed by atoms with E-state index in [9.17, 15) is 4.79 Å². The van der Waals surface area contributed by atoms with E-state index in [2.05, 4.69) is 32.4 Å². The number of rotatable bonds is 6. The van der Waals surface area contributed by atoms with Crippen molar-refractivity contribution in [3.63, 3.8) is 0 Å². The number of aryl methyl sites for hydroxylation is 2. The molecule has 2 aromatic rings. The van der Waals surface area contributed by atoms with Crippen molar-refractivity contribution in [1.82, 2.24) is 5.43 Å². The summed E-state index contributed by atoms with van der Waals surface area (Å²) < 4.78 is 6.34. The van der Waals surface area contributed by atoms with Crippen LogP contribution in [0.15, 0.2) is 46.0 Å². The van der Waals surface area contributed by atoms with Gasteiger partial charge in [0.2, 0.25) is 5.91 Å². The van der Waals surface area contributed by atoms with Gasteiger partial charge in [0.1, 0.15) is 12.4 Å². The molecular formula is C20H19BrN2O2. The lowest BCUT2D eigenvalue weighted by Gasteiger charge is -2.07. The Kier molecular flexibility index (Phi) is 6.79. The number of benzene rings is 2. The summed E-state index contributed by atoms with van der Waals surface area (Å²) in [5.74, 6) is 2.85. The van der Waals surface area contributed by atoms with Gasteiger partial charge in [0.05, 0.1) is 12.6 Å². The largest absolute Gasteiger partial charge is 0.480 e. The van der Waals surface area contributed by atoms with Crippen molar-refractivity contribution in [2.45, 2.75) is 20.3 Å². The van der Waals surface area contributed by atoms with Crippen LogP contribution in [-0.4, -0.2) is 18.7 Å². The number of hydrogen-bond acceptors (Lipinski definition) is 3. The fourth-order valence-electron chi connectivity index (χ4n) is 2.25. The molecule has 4 nitrogen and oxygen atoms in total. The molecule has 0 aliphatic carbocycles. The highest BCUT2D eigenvalue weighted by Gasteiger charge is 2.06. The van der Waals surface area contributed by atoms with Crippen molar-refractivity contribution in [3.8, 4) is 18.1 Å². The first-order valence-corrected chi connectivity index (χ1v) is 8.52. The number of carbonyl (C=O) groups is 1. The molecule has 5 heteroatoms. The summed E-state index contributed by atoms with van der Waals surface area (Å²) >= 11 is 3.40. The molecule has 0 saturated carbocycles. The van der Waals surface area contributed by atoms with Crippen LogP contribution in [0.1, 0.15) is 22.3 Å². The Morgan fingerprint density at radius 1 is 1.32 bits per heavy atom. The van der Waals surface area contributed by atoms with E-state index in [1.165, 1.54) is 6.21 Å². The summed E-state index contributed by atoms with van der Waals surface area (Å²) in [5.41, 5.74) is 6.47. The number of nitrogens with one attached hydrogen (secondary N) is 1. The molecule has 0 heterocycles. The van der Waals surface area contributed by atoms with Gasteiger partial charge >= 0.3 is 0 Å². The average Bonchev–Trinajstić information content (AvgIpc) is 2.57. The van der Waals surface area contributed by atoms with Crippen molar-refractivity contribution in [3.05, 3.63) is 63.1 Å². The van der Waals surface area contributed by atoms with E-state index < -0.39 is 0 Å². The molecule has 1 N–H and O–H groups in total.